The molecule has 150 valence electrons. The van der Waals surface area contributed by atoms with E-state index in [1.807, 2.05) is 32.0 Å². The van der Waals surface area contributed by atoms with Crippen LogP contribution in [0.3, 0.4) is 0 Å². The van der Waals surface area contributed by atoms with E-state index in [0.717, 1.165) is 28.3 Å². The summed E-state index contributed by atoms with van der Waals surface area (Å²) >= 11 is 1.39. The molecule has 1 aromatic carbocycles. The van der Waals surface area contributed by atoms with Gasteiger partial charge in [0.1, 0.15) is 22.7 Å². The Balaban J connectivity index is 1.74. The molecule has 0 bridgehead atoms. The van der Waals surface area contributed by atoms with Gasteiger partial charge >= 0.3 is 11.9 Å². The van der Waals surface area contributed by atoms with Crippen LogP contribution < -0.4 is 10.1 Å². The van der Waals surface area contributed by atoms with Gasteiger partial charge in [-0.25, -0.2) is 4.98 Å². The number of hydrogen-bond acceptors (Lipinski definition) is 6. The van der Waals surface area contributed by atoms with Crippen LogP contribution in [-0.4, -0.2) is 46.3 Å². The second kappa shape index (κ2) is 8.70. The number of carboxylic acids is 2. The van der Waals surface area contributed by atoms with Crippen LogP contribution in [0.2, 0.25) is 0 Å². The SMILES string of the molecule is CC(C)CC(NCC(C(=O)O)c1csc(-c2ccc3c(c2)CCO3)n1)C(=O)O. The number of carbonyl (C=O) groups is 2. The quantitative estimate of drug-likeness (QED) is 0.589. The fourth-order valence-corrected chi connectivity index (χ4v) is 4.09. The van der Waals surface area contributed by atoms with E-state index < -0.39 is 23.9 Å². The first-order valence-corrected chi connectivity index (χ1v) is 10.1. The van der Waals surface area contributed by atoms with Gasteiger partial charge in [0.25, 0.3) is 0 Å². The summed E-state index contributed by atoms with van der Waals surface area (Å²) in [6, 6.07) is 5.08. The number of thiazole rings is 1. The van der Waals surface area contributed by atoms with Gasteiger partial charge in [-0.1, -0.05) is 13.8 Å². The van der Waals surface area contributed by atoms with Gasteiger partial charge in [-0.15, -0.1) is 11.3 Å². The fourth-order valence-electron chi connectivity index (χ4n) is 3.22. The molecular weight excluding hydrogens is 380 g/mol. The van der Waals surface area contributed by atoms with Crippen LogP contribution in [0, 0.1) is 5.92 Å². The molecule has 2 aromatic rings. The van der Waals surface area contributed by atoms with Crippen LogP contribution in [0.1, 0.15) is 37.4 Å². The van der Waals surface area contributed by atoms with Crippen LogP contribution in [0.5, 0.6) is 5.75 Å². The second-order valence-electron chi connectivity index (χ2n) is 7.32. The van der Waals surface area contributed by atoms with E-state index in [-0.39, 0.29) is 12.5 Å². The molecule has 0 fully saturated rings. The van der Waals surface area contributed by atoms with Gasteiger partial charge in [-0.2, -0.15) is 0 Å². The third-order valence-corrected chi connectivity index (χ3v) is 5.60. The number of aliphatic carboxylic acids is 2. The number of benzene rings is 1. The summed E-state index contributed by atoms with van der Waals surface area (Å²) in [5.41, 5.74) is 2.50. The molecule has 0 amide bonds. The van der Waals surface area contributed by atoms with Crippen LogP contribution in [0.25, 0.3) is 10.6 Å². The summed E-state index contributed by atoms with van der Waals surface area (Å²) in [6.07, 6.45) is 1.29. The Labute approximate surface area is 167 Å². The number of nitrogens with one attached hydrogen (secondary N) is 1. The number of nitrogens with zero attached hydrogens (tertiary/aromatic N) is 1. The lowest BCUT2D eigenvalue weighted by molar-refractivity contribution is -0.142. The number of ether oxygens (including phenoxy) is 1. The van der Waals surface area contributed by atoms with Crippen molar-refractivity contribution >= 4 is 23.3 Å². The molecule has 3 rings (SSSR count). The smallest absolute Gasteiger partial charge is 0.320 e. The molecule has 2 unspecified atom stereocenters. The predicted octanol–water partition coefficient (Wildman–Crippen LogP) is 3.00. The van der Waals surface area contributed by atoms with E-state index in [1.54, 1.807) is 5.38 Å². The minimum Gasteiger partial charge on any atom is -0.493 e. The van der Waals surface area contributed by atoms with Gasteiger partial charge in [-0.3, -0.25) is 9.59 Å². The largest absolute Gasteiger partial charge is 0.493 e. The summed E-state index contributed by atoms with van der Waals surface area (Å²) in [6.45, 7) is 4.55. The van der Waals surface area contributed by atoms with Crippen LogP contribution in [-0.2, 0) is 16.0 Å². The highest BCUT2D eigenvalue weighted by atomic mass is 32.1. The number of fused-ring (bicyclic) bond motifs is 1. The van der Waals surface area contributed by atoms with E-state index in [9.17, 15) is 19.8 Å². The molecule has 8 heteroatoms. The third kappa shape index (κ3) is 4.69. The molecule has 3 N–H and O–H groups in total. The minimum atomic E-state index is -1.03. The zero-order valence-corrected chi connectivity index (χ0v) is 16.7. The summed E-state index contributed by atoms with van der Waals surface area (Å²) in [5, 5.41) is 24.3. The lowest BCUT2D eigenvalue weighted by Crippen LogP contribution is -2.41. The van der Waals surface area contributed by atoms with Crippen LogP contribution in [0.4, 0.5) is 0 Å². The summed E-state index contributed by atoms with van der Waals surface area (Å²) < 4.78 is 5.51. The van der Waals surface area contributed by atoms with Crippen LogP contribution >= 0.6 is 11.3 Å². The Morgan fingerprint density at radius 1 is 1.29 bits per heavy atom. The monoisotopic (exact) mass is 404 g/mol. The van der Waals surface area contributed by atoms with Crippen LogP contribution in [0.15, 0.2) is 23.6 Å². The standard InChI is InChI=1S/C20H24N2O5S/c1-11(2)7-15(20(25)26)21-9-14(19(23)24)16-10-28-18(22-16)13-3-4-17-12(8-13)5-6-27-17/h3-4,8,10-11,14-15,21H,5-7,9H2,1-2H3,(H,23,24)(H,25,26). The molecule has 1 aromatic heterocycles. The van der Waals surface area contributed by atoms with Crippen molar-refractivity contribution < 1.29 is 24.5 Å². The van der Waals surface area contributed by atoms with Crippen molar-refractivity contribution in [3.8, 4) is 16.3 Å². The molecule has 0 spiro atoms. The van der Waals surface area contributed by atoms with Crippen molar-refractivity contribution in [2.24, 2.45) is 5.92 Å². The summed E-state index contributed by atoms with van der Waals surface area (Å²) in [5.74, 6) is -1.83. The van der Waals surface area contributed by atoms with Gasteiger partial charge in [-0.05, 0) is 36.1 Å². The van der Waals surface area contributed by atoms with E-state index in [4.69, 9.17) is 4.74 Å². The van der Waals surface area contributed by atoms with Crippen molar-refractivity contribution in [3.05, 3.63) is 34.8 Å². The van der Waals surface area contributed by atoms with E-state index in [1.165, 1.54) is 11.3 Å². The Hall–Kier alpha value is -2.45. The Kier molecular flexibility index (Phi) is 6.31. The molecule has 2 atom stereocenters. The highest BCUT2D eigenvalue weighted by Crippen LogP contribution is 2.33. The number of carboxylic acid groups (broad SMARTS) is 2. The summed E-state index contributed by atoms with van der Waals surface area (Å²) in [4.78, 5) is 27.7. The fraction of sp³-hybridized carbons (Fsp3) is 0.450. The molecule has 0 aliphatic carbocycles. The first-order valence-electron chi connectivity index (χ1n) is 9.25. The maximum Gasteiger partial charge on any atom is 0.320 e. The van der Waals surface area contributed by atoms with Crippen molar-refractivity contribution in [1.29, 1.82) is 0 Å². The zero-order chi connectivity index (χ0) is 20.3. The number of hydrogen-bond donors (Lipinski definition) is 3. The minimum absolute atomic E-state index is 0.0141. The average molecular weight is 404 g/mol. The summed E-state index contributed by atoms with van der Waals surface area (Å²) in [7, 11) is 0. The normalized spacial score (nSPS) is 15.1. The molecule has 7 nitrogen and oxygen atoms in total. The van der Waals surface area contributed by atoms with E-state index >= 15 is 0 Å². The molecular formula is C20H24N2O5S. The molecule has 28 heavy (non-hydrogen) atoms. The molecule has 0 saturated heterocycles. The van der Waals surface area contributed by atoms with Gasteiger partial charge < -0.3 is 20.3 Å². The van der Waals surface area contributed by atoms with Crippen molar-refractivity contribution in [2.75, 3.05) is 13.2 Å². The van der Waals surface area contributed by atoms with E-state index in [0.29, 0.717) is 18.7 Å². The topological polar surface area (TPSA) is 109 Å². The van der Waals surface area contributed by atoms with Crippen molar-refractivity contribution in [3.63, 3.8) is 0 Å². The Bertz CT molecular complexity index is 864. The van der Waals surface area contributed by atoms with E-state index in [2.05, 4.69) is 10.3 Å². The lowest BCUT2D eigenvalue weighted by Gasteiger charge is -2.18. The average Bonchev–Trinajstić information content (AvgIpc) is 3.28. The first-order chi connectivity index (χ1) is 13.3. The molecule has 0 radical (unpaired) electrons. The van der Waals surface area contributed by atoms with Gasteiger partial charge in [0, 0.05) is 23.9 Å². The third-order valence-electron chi connectivity index (χ3n) is 4.69. The highest BCUT2D eigenvalue weighted by molar-refractivity contribution is 7.13. The molecule has 0 saturated carbocycles. The van der Waals surface area contributed by atoms with Gasteiger partial charge in [0.2, 0.25) is 0 Å². The van der Waals surface area contributed by atoms with Gasteiger partial charge in [0.15, 0.2) is 0 Å². The number of rotatable bonds is 9. The second-order valence-corrected chi connectivity index (χ2v) is 8.18. The van der Waals surface area contributed by atoms with Crippen molar-refractivity contribution in [2.45, 2.75) is 38.6 Å². The Morgan fingerprint density at radius 2 is 2.07 bits per heavy atom. The molecule has 1 aliphatic heterocycles. The predicted molar refractivity (Wildman–Crippen MR) is 106 cm³/mol. The van der Waals surface area contributed by atoms with Crippen molar-refractivity contribution in [1.82, 2.24) is 10.3 Å². The lowest BCUT2D eigenvalue weighted by atomic mass is 10.0. The highest BCUT2D eigenvalue weighted by Gasteiger charge is 2.27. The zero-order valence-electron chi connectivity index (χ0n) is 15.8. The Morgan fingerprint density at radius 3 is 2.75 bits per heavy atom. The maximum atomic E-state index is 11.8. The molecule has 1 aliphatic rings. The van der Waals surface area contributed by atoms with Gasteiger partial charge in [0.05, 0.1) is 12.3 Å². The maximum absolute atomic E-state index is 11.8. The first kappa shape index (κ1) is 20.3. The molecule has 2 heterocycles. The number of aromatic nitrogens is 1.